The third-order valence-corrected chi connectivity index (χ3v) is 4.85. The van der Waals surface area contributed by atoms with Gasteiger partial charge in [-0.1, -0.05) is 6.08 Å². The van der Waals surface area contributed by atoms with E-state index in [0.717, 1.165) is 9.35 Å². The second-order valence-corrected chi connectivity index (χ2v) is 6.98. The number of rotatable bonds is 5. The van der Waals surface area contributed by atoms with E-state index < -0.39 is 12.0 Å². The van der Waals surface area contributed by atoms with Crippen molar-refractivity contribution in [3.63, 3.8) is 0 Å². The summed E-state index contributed by atoms with van der Waals surface area (Å²) in [5, 5.41) is 4.77. The Bertz CT molecular complexity index is 638. The minimum atomic E-state index is -0.504. The molecule has 0 unspecified atom stereocenters. The number of nitrogens with one attached hydrogen (secondary N) is 1. The lowest BCUT2D eigenvalue weighted by Gasteiger charge is -2.34. The Morgan fingerprint density at radius 1 is 1.64 bits per heavy atom. The van der Waals surface area contributed by atoms with Crippen LogP contribution in [-0.2, 0) is 9.53 Å². The first kappa shape index (κ1) is 16.8. The zero-order chi connectivity index (χ0) is 16.3. The maximum absolute atomic E-state index is 12.4. The average molecular weight is 385 g/mol. The first-order valence-corrected chi connectivity index (χ1v) is 8.47. The molecule has 0 spiro atoms. The molecule has 0 bridgehead atoms. The molecule has 0 saturated heterocycles. The second-order valence-electron chi connectivity index (χ2n) is 4.69. The highest BCUT2D eigenvalue weighted by atomic mass is 79.9. The zero-order valence-electron chi connectivity index (χ0n) is 12.4. The predicted octanol–water partition coefficient (Wildman–Crippen LogP) is 3.60. The molecule has 0 radical (unpaired) electrons. The van der Waals surface area contributed by atoms with Gasteiger partial charge in [-0.05, 0) is 46.8 Å². The van der Waals surface area contributed by atoms with Crippen molar-refractivity contribution in [3.05, 3.63) is 44.7 Å². The number of halogens is 1. The van der Waals surface area contributed by atoms with Crippen LogP contribution >= 0.6 is 27.3 Å². The Hall–Kier alpha value is -1.60. The number of carbonyl (C=O) groups is 2. The minimum Gasteiger partial charge on any atom is -0.463 e. The van der Waals surface area contributed by atoms with E-state index in [2.05, 4.69) is 27.8 Å². The lowest BCUT2D eigenvalue weighted by atomic mass is 9.97. The first-order chi connectivity index (χ1) is 10.5. The van der Waals surface area contributed by atoms with Crippen LogP contribution in [0.2, 0.25) is 0 Å². The van der Waals surface area contributed by atoms with Crippen molar-refractivity contribution in [1.29, 1.82) is 0 Å². The molecule has 7 heteroatoms. The molecule has 118 valence electrons. The van der Waals surface area contributed by atoms with E-state index in [-0.39, 0.29) is 12.6 Å². The molecule has 2 heterocycles. The Kier molecular flexibility index (Phi) is 5.42. The van der Waals surface area contributed by atoms with Crippen molar-refractivity contribution in [2.75, 3.05) is 13.2 Å². The van der Waals surface area contributed by atoms with Crippen LogP contribution in [0.5, 0.6) is 0 Å². The van der Waals surface area contributed by atoms with E-state index in [4.69, 9.17) is 4.74 Å². The van der Waals surface area contributed by atoms with Crippen LogP contribution in [0, 0.1) is 0 Å². The molecule has 1 aromatic heterocycles. The second kappa shape index (κ2) is 7.11. The fraction of sp³-hybridized carbons (Fsp3) is 0.333. The molecule has 0 aliphatic carbocycles. The number of thiophene rings is 1. The summed E-state index contributed by atoms with van der Waals surface area (Å²) in [6, 6.07) is 1.14. The number of amides is 2. The summed E-state index contributed by atoms with van der Waals surface area (Å²) in [4.78, 5) is 26.1. The van der Waals surface area contributed by atoms with E-state index in [1.807, 2.05) is 11.4 Å². The number of ether oxygens (including phenoxy) is 1. The van der Waals surface area contributed by atoms with Gasteiger partial charge in [0, 0.05) is 12.2 Å². The van der Waals surface area contributed by atoms with Gasteiger partial charge < -0.3 is 10.1 Å². The fourth-order valence-electron chi connectivity index (χ4n) is 2.33. The number of esters is 1. The third-order valence-electron chi connectivity index (χ3n) is 3.32. The number of urea groups is 1. The van der Waals surface area contributed by atoms with Crippen LogP contribution in [0.15, 0.2) is 39.2 Å². The first-order valence-electron chi connectivity index (χ1n) is 6.80. The molecular weight excluding hydrogens is 368 g/mol. The van der Waals surface area contributed by atoms with Crippen molar-refractivity contribution < 1.29 is 14.3 Å². The molecule has 1 aliphatic heterocycles. The molecule has 1 aromatic rings. The summed E-state index contributed by atoms with van der Waals surface area (Å²) < 4.78 is 6.10. The van der Waals surface area contributed by atoms with Crippen LogP contribution < -0.4 is 5.32 Å². The van der Waals surface area contributed by atoms with Crippen LogP contribution in [-0.4, -0.2) is 30.1 Å². The molecule has 1 aliphatic rings. The van der Waals surface area contributed by atoms with Gasteiger partial charge in [-0.2, -0.15) is 0 Å². The molecule has 0 aromatic carbocycles. The Balaban J connectivity index is 2.49. The number of nitrogens with zero attached hydrogens (tertiary/aromatic N) is 1. The van der Waals surface area contributed by atoms with Crippen molar-refractivity contribution in [3.8, 4) is 0 Å². The quantitative estimate of drug-likeness (QED) is 0.623. The lowest BCUT2D eigenvalue weighted by Crippen LogP contribution is -2.47. The monoisotopic (exact) mass is 384 g/mol. The Morgan fingerprint density at radius 3 is 2.91 bits per heavy atom. The van der Waals surface area contributed by atoms with Crippen molar-refractivity contribution in [2.45, 2.75) is 19.9 Å². The van der Waals surface area contributed by atoms with E-state index >= 15 is 0 Å². The third kappa shape index (κ3) is 3.25. The van der Waals surface area contributed by atoms with Gasteiger partial charge in [-0.15, -0.1) is 17.9 Å². The van der Waals surface area contributed by atoms with Crippen LogP contribution in [0.25, 0.3) is 0 Å². The summed E-state index contributed by atoms with van der Waals surface area (Å²) in [5.41, 5.74) is 1.90. The van der Waals surface area contributed by atoms with Crippen molar-refractivity contribution in [2.24, 2.45) is 0 Å². The fourth-order valence-corrected chi connectivity index (χ4v) is 3.53. The van der Waals surface area contributed by atoms with Gasteiger partial charge in [-0.3, -0.25) is 4.90 Å². The molecule has 2 amide bonds. The van der Waals surface area contributed by atoms with Gasteiger partial charge in [0.25, 0.3) is 0 Å². The highest BCUT2D eigenvalue weighted by Gasteiger charge is 2.36. The maximum atomic E-state index is 12.4. The maximum Gasteiger partial charge on any atom is 0.338 e. The van der Waals surface area contributed by atoms with Gasteiger partial charge in [0.1, 0.15) is 0 Å². The van der Waals surface area contributed by atoms with Gasteiger partial charge in [0.05, 0.1) is 22.0 Å². The largest absolute Gasteiger partial charge is 0.463 e. The van der Waals surface area contributed by atoms with E-state index in [0.29, 0.717) is 17.8 Å². The summed E-state index contributed by atoms with van der Waals surface area (Å²) >= 11 is 4.90. The van der Waals surface area contributed by atoms with Gasteiger partial charge in [0.2, 0.25) is 0 Å². The Morgan fingerprint density at radius 2 is 2.36 bits per heavy atom. The minimum absolute atomic E-state index is 0.252. The van der Waals surface area contributed by atoms with Crippen molar-refractivity contribution >= 4 is 39.3 Å². The van der Waals surface area contributed by atoms with E-state index in [1.165, 1.54) is 16.2 Å². The SMILES string of the molecule is C=CCN1C(=O)N[C@H](c2csc(Br)c2)C(C(=O)OCC)=C1C. The number of carbonyl (C=O) groups excluding carboxylic acids is 2. The molecule has 0 fully saturated rings. The highest BCUT2D eigenvalue weighted by Crippen LogP contribution is 2.34. The summed E-state index contributed by atoms with van der Waals surface area (Å²) in [7, 11) is 0. The lowest BCUT2D eigenvalue weighted by molar-refractivity contribution is -0.139. The normalized spacial score (nSPS) is 18.2. The summed E-state index contributed by atoms with van der Waals surface area (Å²) in [6.45, 7) is 7.77. The molecule has 1 N–H and O–H groups in total. The molecular formula is C15H17BrN2O3S. The molecule has 22 heavy (non-hydrogen) atoms. The topological polar surface area (TPSA) is 58.6 Å². The van der Waals surface area contributed by atoms with E-state index in [9.17, 15) is 9.59 Å². The standard InChI is InChI=1S/C15H17BrN2O3S/c1-4-6-18-9(3)12(14(19)21-5-2)13(17-15(18)20)10-7-11(16)22-8-10/h4,7-8,13H,1,5-6H2,2-3H3,(H,17,20)/t13-/m1/s1. The molecule has 1 atom stereocenters. The highest BCUT2D eigenvalue weighted by molar-refractivity contribution is 9.11. The Labute approximate surface area is 141 Å². The van der Waals surface area contributed by atoms with Crippen LogP contribution in [0.3, 0.4) is 0 Å². The molecule has 5 nitrogen and oxygen atoms in total. The van der Waals surface area contributed by atoms with Crippen molar-refractivity contribution in [1.82, 2.24) is 10.2 Å². The zero-order valence-corrected chi connectivity index (χ0v) is 14.8. The summed E-state index contributed by atoms with van der Waals surface area (Å²) in [6.07, 6.45) is 1.62. The average Bonchev–Trinajstić information content (AvgIpc) is 2.89. The number of allylic oxidation sites excluding steroid dienone is 1. The van der Waals surface area contributed by atoms with Crippen LogP contribution in [0.4, 0.5) is 4.79 Å². The molecule has 2 rings (SSSR count). The van der Waals surface area contributed by atoms with Gasteiger partial charge in [-0.25, -0.2) is 9.59 Å². The van der Waals surface area contributed by atoms with E-state index in [1.54, 1.807) is 19.9 Å². The number of hydrogen-bond donors (Lipinski definition) is 1. The number of hydrogen-bond acceptors (Lipinski definition) is 4. The van der Waals surface area contributed by atoms with Gasteiger partial charge in [0.15, 0.2) is 0 Å². The molecule has 0 saturated carbocycles. The van der Waals surface area contributed by atoms with Crippen LogP contribution in [0.1, 0.15) is 25.5 Å². The van der Waals surface area contributed by atoms with Gasteiger partial charge >= 0.3 is 12.0 Å². The smallest absolute Gasteiger partial charge is 0.338 e. The predicted molar refractivity (Wildman–Crippen MR) is 89.5 cm³/mol. The summed E-state index contributed by atoms with van der Waals surface area (Å²) in [5.74, 6) is -0.415.